The number of nitrogens with zero attached hydrogens (tertiary/aromatic N) is 1. The minimum atomic E-state index is -1.30. The number of aromatic amines is 1. The number of aliphatic hydroxyl groups excluding tert-OH is 1. The van der Waals surface area contributed by atoms with Crippen molar-refractivity contribution in [2.24, 2.45) is 0 Å². The number of amides is 1. The van der Waals surface area contributed by atoms with Gasteiger partial charge in [-0.25, -0.2) is 4.79 Å². The molecule has 0 aliphatic carbocycles. The summed E-state index contributed by atoms with van der Waals surface area (Å²) in [4.78, 5) is 28.8. The van der Waals surface area contributed by atoms with E-state index < -0.39 is 24.1 Å². The number of carboxylic acids is 1. The predicted molar refractivity (Wildman–Crippen MR) is 98.3 cm³/mol. The zero-order valence-corrected chi connectivity index (χ0v) is 14.3. The van der Waals surface area contributed by atoms with Crippen LogP contribution >= 0.6 is 0 Å². The van der Waals surface area contributed by atoms with Crippen molar-refractivity contribution in [1.29, 1.82) is 0 Å². The zero-order chi connectivity index (χ0) is 18.8. The van der Waals surface area contributed by atoms with E-state index in [1.807, 2.05) is 24.3 Å². The molecular weight excluding hydrogens is 332 g/mol. The largest absolute Gasteiger partial charge is 0.480 e. The quantitative estimate of drug-likeness (QED) is 0.720. The lowest BCUT2D eigenvalue weighted by Crippen LogP contribution is -2.48. The molecule has 0 spiro atoms. The highest BCUT2D eigenvalue weighted by Gasteiger charge is 2.44. The van der Waals surface area contributed by atoms with Gasteiger partial charge in [-0.3, -0.25) is 9.69 Å². The SMILES string of the molecule is C=C/C=C1/C(=O)N([C@@H](Cc2c[nH]c3ccccc23)C(=O)O)C(O)/C1=C/C. The minimum Gasteiger partial charge on any atom is -0.480 e. The number of carbonyl (C=O) groups is 2. The van der Waals surface area contributed by atoms with Crippen molar-refractivity contribution in [1.82, 2.24) is 9.88 Å². The first kappa shape index (κ1) is 17.7. The molecule has 1 aliphatic heterocycles. The lowest BCUT2D eigenvalue weighted by Gasteiger charge is -2.27. The number of hydrogen-bond donors (Lipinski definition) is 3. The normalized spacial score (nSPS) is 21.7. The summed E-state index contributed by atoms with van der Waals surface area (Å²) >= 11 is 0. The smallest absolute Gasteiger partial charge is 0.326 e. The summed E-state index contributed by atoms with van der Waals surface area (Å²) in [5.41, 5.74) is 2.32. The van der Waals surface area contributed by atoms with E-state index in [0.29, 0.717) is 5.57 Å². The van der Waals surface area contributed by atoms with Gasteiger partial charge in [0.2, 0.25) is 0 Å². The average Bonchev–Trinajstić information content (AvgIpc) is 3.13. The molecule has 6 heteroatoms. The summed E-state index contributed by atoms with van der Waals surface area (Å²) in [6.07, 6.45) is 5.08. The van der Waals surface area contributed by atoms with Gasteiger partial charge in [0.25, 0.3) is 5.91 Å². The maximum Gasteiger partial charge on any atom is 0.326 e. The Hall–Kier alpha value is -3.12. The molecule has 134 valence electrons. The van der Waals surface area contributed by atoms with Crippen LogP contribution in [-0.2, 0) is 16.0 Å². The van der Waals surface area contributed by atoms with Gasteiger partial charge < -0.3 is 15.2 Å². The number of aliphatic carboxylic acids is 1. The number of carboxylic acid groups (broad SMARTS) is 1. The lowest BCUT2D eigenvalue weighted by molar-refractivity contribution is -0.153. The predicted octanol–water partition coefficient (Wildman–Crippen LogP) is 2.38. The molecule has 0 radical (unpaired) electrons. The lowest BCUT2D eigenvalue weighted by atomic mass is 10.0. The van der Waals surface area contributed by atoms with E-state index in [1.54, 1.807) is 19.2 Å². The van der Waals surface area contributed by atoms with Crippen molar-refractivity contribution in [2.75, 3.05) is 0 Å². The van der Waals surface area contributed by atoms with Crippen molar-refractivity contribution in [3.63, 3.8) is 0 Å². The number of carbonyl (C=O) groups excluding carboxylic acids is 1. The Morgan fingerprint density at radius 3 is 2.81 bits per heavy atom. The second-order valence-corrected chi connectivity index (χ2v) is 6.06. The summed E-state index contributed by atoms with van der Waals surface area (Å²) in [5.74, 6) is -1.68. The highest BCUT2D eigenvalue weighted by atomic mass is 16.4. The standard InChI is InChI=1S/C20H20N2O4/c1-3-7-15-13(4-2)18(23)22(19(15)24)17(20(25)26)10-12-11-21-16-9-6-5-8-14(12)16/h3-9,11,17-18,21,23H,1,10H2,2H3,(H,25,26)/b13-4+,15-7+/t17-,18?/m0/s1. The zero-order valence-electron chi connectivity index (χ0n) is 14.3. The van der Waals surface area contributed by atoms with Gasteiger partial charge in [0.1, 0.15) is 6.04 Å². The fourth-order valence-corrected chi connectivity index (χ4v) is 3.38. The molecule has 1 fully saturated rings. The summed E-state index contributed by atoms with van der Waals surface area (Å²) in [7, 11) is 0. The van der Waals surface area contributed by atoms with Crippen LogP contribution in [0.3, 0.4) is 0 Å². The first-order valence-corrected chi connectivity index (χ1v) is 8.27. The number of rotatable bonds is 5. The third-order valence-electron chi connectivity index (χ3n) is 4.62. The molecule has 3 rings (SSSR count). The van der Waals surface area contributed by atoms with E-state index in [1.165, 1.54) is 12.2 Å². The van der Waals surface area contributed by atoms with Gasteiger partial charge in [0, 0.05) is 34.7 Å². The minimum absolute atomic E-state index is 0.0838. The first-order valence-electron chi connectivity index (χ1n) is 8.27. The van der Waals surface area contributed by atoms with Crippen LogP contribution < -0.4 is 0 Å². The molecule has 1 unspecified atom stereocenters. The Kier molecular flexibility index (Phi) is 4.77. The van der Waals surface area contributed by atoms with E-state index in [2.05, 4.69) is 11.6 Å². The summed E-state index contributed by atoms with van der Waals surface area (Å²) < 4.78 is 0. The van der Waals surface area contributed by atoms with Crippen molar-refractivity contribution >= 4 is 22.8 Å². The van der Waals surface area contributed by atoms with E-state index in [0.717, 1.165) is 21.4 Å². The number of aromatic nitrogens is 1. The topological polar surface area (TPSA) is 93.6 Å². The van der Waals surface area contributed by atoms with Crippen LogP contribution in [0, 0.1) is 0 Å². The van der Waals surface area contributed by atoms with Crippen LogP contribution in [0.5, 0.6) is 0 Å². The van der Waals surface area contributed by atoms with E-state index in [-0.39, 0.29) is 12.0 Å². The van der Waals surface area contributed by atoms with Gasteiger partial charge in [-0.2, -0.15) is 0 Å². The molecule has 2 atom stereocenters. The molecule has 1 saturated heterocycles. The number of H-pyrrole nitrogens is 1. The van der Waals surface area contributed by atoms with Gasteiger partial charge in [-0.1, -0.05) is 36.9 Å². The van der Waals surface area contributed by atoms with Gasteiger partial charge in [-0.15, -0.1) is 0 Å². The van der Waals surface area contributed by atoms with Crippen molar-refractivity contribution in [3.8, 4) is 0 Å². The Balaban J connectivity index is 2.00. The summed E-state index contributed by atoms with van der Waals surface area (Å²) in [6, 6.07) is 6.35. The van der Waals surface area contributed by atoms with E-state index >= 15 is 0 Å². The molecule has 6 nitrogen and oxygen atoms in total. The maximum atomic E-state index is 12.8. The highest BCUT2D eigenvalue weighted by molar-refractivity contribution is 6.04. The Morgan fingerprint density at radius 2 is 2.15 bits per heavy atom. The second kappa shape index (κ2) is 7.01. The third-order valence-corrected chi connectivity index (χ3v) is 4.62. The summed E-state index contributed by atoms with van der Waals surface area (Å²) in [5, 5.41) is 21.2. The molecule has 1 aromatic heterocycles. The number of fused-ring (bicyclic) bond motifs is 1. The number of allylic oxidation sites excluding steroid dienone is 3. The van der Waals surface area contributed by atoms with Gasteiger partial charge in [0.15, 0.2) is 6.23 Å². The molecule has 2 aromatic rings. The number of likely N-dealkylation sites (tertiary alicyclic amines) is 1. The Labute approximate surface area is 150 Å². The molecular formula is C20H20N2O4. The molecule has 26 heavy (non-hydrogen) atoms. The van der Waals surface area contributed by atoms with Crippen LogP contribution in [0.15, 0.2) is 66.4 Å². The highest BCUT2D eigenvalue weighted by Crippen LogP contribution is 2.32. The van der Waals surface area contributed by atoms with Crippen molar-refractivity contribution < 1.29 is 19.8 Å². The number of aliphatic hydroxyl groups is 1. The molecule has 1 aliphatic rings. The maximum absolute atomic E-state index is 12.8. The number of benzene rings is 1. The van der Waals surface area contributed by atoms with Crippen LogP contribution in [-0.4, -0.2) is 44.2 Å². The van der Waals surface area contributed by atoms with Crippen molar-refractivity contribution in [2.45, 2.75) is 25.6 Å². The average molecular weight is 352 g/mol. The summed E-state index contributed by atoms with van der Waals surface area (Å²) in [6.45, 7) is 5.27. The molecule has 2 heterocycles. The van der Waals surface area contributed by atoms with Gasteiger partial charge in [-0.05, 0) is 24.6 Å². The number of hydrogen-bond acceptors (Lipinski definition) is 3. The Bertz CT molecular complexity index is 938. The third kappa shape index (κ3) is 2.84. The van der Waals surface area contributed by atoms with Crippen LogP contribution in [0.1, 0.15) is 12.5 Å². The van der Waals surface area contributed by atoms with E-state index in [4.69, 9.17) is 0 Å². The van der Waals surface area contributed by atoms with Crippen LogP contribution in [0.4, 0.5) is 0 Å². The second-order valence-electron chi connectivity index (χ2n) is 6.06. The Morgan fingerprint density at radius 1 is 1.42 bits per heavy atom. The molecule has 1 amide bonds. The molecule has 1 aromatic carbocycles. The van der Waals surface area contributed by atoms with Gasteiger partial charge in [0.05, 0.1) is 0 Å². The van der Waals surface area contributed by atoms with Crippen LogP contribution in [0.25, 0.3) is 10.9 Å². The van der Waals surface area contributed by atoms with E-state index in [9.17, 15) is 19.8 Å². The fraction of sp³-hybridized carbons (Fsp3) is 0.200. The molecule has 0 saturated carbocycles. The number of nitrogens with one attached hydrogen (secondary N) is 1. The number of para-hydroxylation sites is 1. The molecule has 3 N–H and O–H groups in total. The van der Waals surface area contributed by atoms with Crippen molar-refractivity contribution in [3.05, 3.63) is 72.0 Å². The monoisotopic (exact) mass is 352 g/mol. The molecule has 0 bridgehead atoms. The fourth-order valence-electron chi connectivity index (χ4n) is 3.38. The van der Waals surface area contributed by atoms with Crippen LogP contribution in [0.2, 0.25) is 0 Å². The van der Waals surface area contributed by atoms with Gasteiger partial charge >= 0.3 is 5.97 Å². The first-order chi connectivity index (χ1) is 12.5.